The van der Waals surface area contributed by atoms with E-state index >= 15 is 0 Å². The number of hydrogen-bond donors (Lipinski definition) is 3. The topological polar surface area (TPSA) is 104 Å². The van der Waals surface area contributed by atoms with Crippen molar-refractivity contribution in [3.05, 3.63) is 46.0 Å². The molecule has 0 bridgehead atoms. The van der Waals surface area contributed by atoms with Crippen LogP contribution in [0.2, 0.25) is 0 Å². The van der Waals surface area contributed by atoms with Crippen molar-refractivity contribution < 1.29 is 14.8 Å². The summed E-state index contributed by atoms with van der Waals surface area (Å²) in [6, 6.07) is 5.92. The first kappa shape index (κ1) is 16.7. The number of non-ortho nitro benzene ring substituents is 1. The van der Waals surface area contributed by atoms with Crippen molar-refractivity contribution in [3.8, 4) is 0 Å². The van der Waals surface area contributed by atoms with E-state index in [1.807, 2.05) is 0 Å². The highest BCUT2D eigenvalue weighted by atomic mass is 32.1. The molecule has 3 N–H and O–H groups in total. The molecule has 0 aliphatic carbocycles. The molecular formula is C13H15N3O4S. The first-order valence-corrected chi connectivity index (χ1v) is 6.56. The normalized spacial score (nSPS) is 10.3. The molecule has 0 aliphatic rings. The largest absolute Gasteiger partial charge is 0.396 e. The van der Waals surface area contributed by atoms with Gasteiger partial charge in [-0.1, -0.05) is 12.1 Å². The quantitative estimate of drug-likeness (QED) is 0.238. The van der Waals surface area contributed by atoms with Crippen molar-refractivity contribution in [2.24, 2.45) is 0 Å². The first-order valence-electron chi connectivity index (χ1n) is 6.15. The zero-order chi connectivity index (χ0) is 15.7. The lowest BCUT2D eigenvalue weighted by Gasteiger charge is -2.06. The maximum Gasteiger partial charge on any atom is 0.270 e. The molecule has 0 atom stereocenters. The van der Waals surface area contributed by atoms with Gasteiger partial charge in [-0.15, -0.1) is 0 Å². The summed E-state index contributed by atoms with van der Waals surface area (Å²) in [4.78, 5) is 21.7. The third-order valence-electron chi connectivity index (χ3n) is 2.37. The number of aliphatic hydroxyl groups excluding tert-OH is 1. The van der Waals surface area contributed by atoms with E-state index in [1.165, 1.54) is 30.4 Å². The number of amides is 1. The van der Waals surface area contributed by atoms with Gasteiger partial charge in [0.2, 0.25) is 5.91 Å². The average molecular weight is 309 g/mol. The monoisotopic (exact) mass is 309 g/mol. The van der Waals surface area contributed by atoms with Crippen LogP contribution in [0.1, 0.15) is 12.0 Å². The zero-order valence-corrected chi connectivity index (χ0v) is 11.9. The number of aliphatic hydroxyl groups is 1. The summed E-state index contributed by atoms with van der Waals surface area (Å²) in [5.41, 5.74) is 0.497. The van der Waals surface area contributed by atoms with E-state index in [9.17, 15) is 14.9 Å². The summed E-state index contributed by atoms with van der Waals surface area (Å²) >= 11 is 4.88. The molecule has 112 valence electrons. The van der Waals surface area contributed by atoms with Crippen molar-refractivity contribution in [1.82, 2.24) is 10.6 Å². The van der Waals surface area contributed by atoms with E-state index in [4.69, 9.17) is 17.3 Å². The molecule has 0 aromatic heterocycles. The Morgan fingerprint density at radius 3 is 2.90 bits per heavy atom. The van der Waals surface area contributed by atoms with Crippen LogP contribution < -0.4 is 10.6 Å². The highest BCUT2D eigenvalue weighted by Gasteiger charge is 2.04. The van der Waals surface area contributed by atoms with Gasteiger partial charge in [-0.3, -0.25) is 20.2 Å². The Labute approximate surface area is 126 Å². The van der Waals surface area contributed by atoms with Crippen LogP contribution in [0.25, 0.3) is 6.08 Å². The molecule has 0 radical (unpaired) electrons. The highest BCUT2D eigenvalue weighted by Crippen LogP contribution is 2.13. The number of nitrogens with one attached hydrogen (secondary N) is 2. The third kappa shape index (κ3) is 6.59. The van der Waals surface area contributed by atoms with Crippen molar-refractivity contribution in [3.63, 3.8) is 0 Å². The lowest BCUT2D eigenvalue weighted by molar-refractivity contribution is -0.384. The van der Waals surface area contributed by atoms with Crippen LogP contribution in [-0.2, 0) is 4.79 Å². The average Bonchev–Trinajstić information content (AvgIpc) is 2.45. The van der Waals surface area contributed by atoms with Crippen LogP contribution in [-0.4, -0.2) is 34.2 Å². The molecule has 1 amide bonds. The van der Waals surface area contributed by atoms with Gasteiger partial charge in [-0.05, 0) is 30.3 Å². The Bertz CT molecular complexity index is 560. The molecule has 0 spiro atoms. The van der Waals surface area contributed by atoms with Crippen molar-refractivity contribution in [2.75, 3.05) is 13.2 Å². The maximum atomic E-state index is 11.6. The minimum Gasteiger partial charge on any atom is -0.396 e. The second-order valence-electron chi connectivity index (χ2n) is 4.01. The minimum atomic E-state index is -0.502. The standard InChI is InChI=1S/C13H15N3O4S/c17-8-2-7-14-13(21)15-12(18)6-5-10-3-1-4-11(9-10)16(19)20/h1,3-6,9,17H,2,7-8H2,(H2,14,15,18,21)/b6-5+. The molecule has 0 unspecified atom stereocenters. The molecule has 0 fully saturated rings. The van der Waals surface area contributed by atoms with Crippen LogP contribution >= 0.6 is 12.2 Å². The first-order chi connectivity index (χ1) is 10.0. The SMILES string of the molecule is O=C(/C=C/c1cccc([N+](=O)[O-])c1)NC(=S)NCCCO. The van der Waals surface area contributed by atoms with Crippen molar-refractivity contribution >= 4 is 35.0 Å². The van der Waals surface area contributed by atoms with Gasteiger partial charge in [0.05, 0.1) is 4.92 Å². The number of nitrogens with zero attached hydrogens (tertiary/aromatic N) is 1. The summed E-state index contributed by atoms with van der Waals surface area (Å²) < 4.78 is 0. The number of benzene rings is 1. The lowest BCUT2D eigenvalue weighted by Crippen LogP contribution is -2.38. The number of carbonyl (C=O) groups is 1. The van der Waals surface area contributed by atoms with Crippen molar-refractivity contribution in [1.29, 1.82) is 0 Å². The Kier molecular flexibility index (Phi) is 6.99. The summed E-state index contributed by atoms with van der Waals surface area (Å²) in [6.07, 6.45) is 3.22. The summed E-state index contributed by atoms with van der Waals surface area (Å²) in [5, 5.41) is 24.6. The molecular weight excluding hydrogens is 294 g/mol. The van der Waals surface area contributed by atoms with E-state index < -0.39 is 10.8 Å². The Balaban J connectivity index is 2.52. The predicted octanol–water partition coefficient (Wildman–Crippen LogP) is 0.981. The lowest BCUT2D eigenvalue weighted by atomic mass is 10.2. The van der Waals surface area contributed by atoms with E-state index in [2.05, 4.69) is 10.6 Å². The highest BCUT2D eigenvalue weighted by molar-refractivity contribution is 7.80. The molecule has 0 aliphatic heterocycles. The summed E-state index contributed by atoms with van der Waals surface area (Å²) in [5.74, 6) is -0.442. The van der Waals surface area contributed by atoms with Gasteiger partial charge < -0.3 is 10.4 Å². The number of nitro groups is 1. The molecule has 0 saturated carbocycles. The third-order valence-corrected chi connectivity index (χ3v) is 2.61. The van der Waals surface area contributed by atoms with Crippen LogP contribution in [0.15, 0.2) is 30.3 Å². The summed E-state index contributed by atoms with van der Waals surface area (Å²) in [6.45, 7) is 0.500. The molecule has 1 aromatic rings. The number of thiocarbonyl (C=S) groups is 1. The fraction of sp³-hybridized carbons (Fsp3) is 0.231. The Morgan fingerprint density at radius 1 is 1.48 bits per heavy atom. The zero-order valence-electron chi connectivity index (χ0n) is 11.1. The van der Waals surface area contributed by atoms with Crippen LogP contribution in [0.3, 0.4) is 0 Å². The molecule has 0 saturated heterocycles. The molecule has 7 nitrogen and oxygen atoms in total. The van der Waals surface area contributed by atoms with Gasteiger partial charge in [0, 0.05) is 31.4 Å². The number of carbonyl (C=O) groups excluding carboxylic acids is 1. The maximum absolute atomic E-state index is 11.6. The van der Waals surface area contributed by atoms with Crippen molar-refractivity contribution in [2.45, 2.75) is 6.42 Å². The second kappa shape index (κ2) is 8.77. The van der Waals surface area contributed by atoms with E-state index in [1.54, 1.807) is 6.07 Å². The molecule has 1 rings (SSSR count). The van der Waals surface area contributed by atoms with Gasteiger partial charge in [0.25, 0.3) is 5.69 Å². The van der Waals surface area contributed by atoms with E-state index in [0.717, 1.165) is 0 Å². The number of rotatable bonds is 6. The van der Waals surface area contributed by atoms with Gasteiger partial charge in [-0.25, -0.2) is 0 Å². The fourth-order valence-electron chi connectivity index (χ4n) is 1.39. The fourth-order valence-corrected chi connectivity index (χ4v) is 1.60. The van der Waals surface area contributed by atoms with E-state index in [-0.39, 0.29) is 17.4 Å². The van der Waals surface area contributed by atoms with Crippen LogP contribution in [0, 0.1) is 10.1 Å². The molecule has 8 heteroatoms. The van der Waals surface area contributed by atoms with E-state index in [0.29, 0.717) is 18.5 Å². The number of hydrogen-bond acceptors (Lipinski definition) is 5. The minimum absolute atomic E-state index is 0.0379. The number of nitro benzene ring substituents is 1. The van der Waals surface area contributed by atoms with Crippen LogP contribution in [0.5, 0.6) is 0 Å². The second-order valence-corrected chi connectivity index (χ2v) is 4.42. The smallest absolute Gasteiger partial charge is 0.270 e. The Morgan fingerprint density at radius 2 is 2.24 bits per heavy atom. The predicted molar refractivity (Wildman–Crippen MR) is 82.6 cm³/mol. The molecule has 21 heavy (non-hydrogen) atoms. The molecule has 0 heterocycles. The van der Waals surface area contributed by atoms with Gasteiger partial charge in [0.1, 0.15) is 0 Å². The van der Waals surface area contributed by atoms with Gasteiger partial charge >= 0.3 is 0 Å². The molecule has 1 aromatic carbocycles. The Hall–Kier alpha value is -2.32. The summed E-state index contributed by atoms with van der Waals surface area (Å²) in [7, 11) is 0. The van der Waals surface area contributed by atoms with Gasteiger partial charge in [0.15, 0.2) is 5.11 Å². The van der Waals surface area contributed by atoms with Gasteiger partial charge in [-0.2, -0.15) is 0 Å². The van der Waals surface area contributed by atoms with Crippen LogP contribution in [0.4, 0.5) is 5.69 Å².